The van der Waals surface area contributed by atoms with Gasteiger partial charge < -0.3 is 5.32 Å². The van der Waals surface area contributed by atoms with Crippen LogP contribution in [0.2, 0.25) is 0 Å². The van der Waals surface area contributed by atoms with Crippen LogP contribution in [-0.4, -0.2) is 31.0 Å². The van der Waals surface area contributed by atoms with Crippen LogP contribution in [-0.2, 0) is 10.1 Å². The van der Waals surface area contributed by atoms with Crippen LogP contribution in [0.15, 0.2) is 58.8 Å². The molecule has 0 atom stereocenters. The number of aryl methyl sites for hydroxylation is 2. The third-order valence-corrected chi connectivity index (χ3v) is 6.23. The Bertz CT molecular complexity index is 990. The maximum atomic E-state index is 10.5. The molecular formula is C20H22N2O3S2. The largest absolute Gasteiger partial charge is 0.315 e. The summed E-state index contributed by atoms with van der Waals surface area (Å²) in [5, 5.41) is 6.52. The fourth-order valence-corrected chi connectivity index (χ4v) is 3.90. The average molecular weight is 403 g/mol. The minimum Gasteiger partial charge on any atom is -0.315 e. The van der Waals surface area contributed by atoms with E-state index in [1.807, 2.05) is 13.8 Å². The lowest BCUT2D eigenvalue weighted by Gasteiger charge is -2.27. The molecule has 142 valence electrons. The normalized spacial score (nSPS) is 14.2. The maximum Gasteiger partial charge on any atom is 0.294 e. The third kappa shape index (κ3) is 5.23. The van der Waals surface area contributed by atoms with E-state index in [0.29, 0.717) is 5.92 Å². The van der Waals surface area contributed by atoms with Gasteiger partial charge in [-0.3, -0.25) is 4.55 Å². The van der Waals surface area contributed by atoms with Crippen molar-refractivity contribution in [1.82, 2.24) is 10.3 Å². The summed E-state index contributed by atoms with van der Waals surface area (Å²) in [5.74, 6) is 0.715. The highest BCUT2D eigenvalue weighted by molar-refractivity contribution is 7.85. The van der Waals surface area contributed by atoms with Gasteiger partial charge in [-0.1, -0.05) is 42.0 Å². The Labute approximate surface area is 163 Å². The minimum atomic E-state index is -4.02. The second kappa shape index (κ2) is 8.31. The summed E-state index contributed by atoms with van der Waals surface area (Å²) in [6, 6.07) is 14.8. The van der Waals surface area contributed by atoms with Gasteiger partial charge in [0.25, 0.3) is 10.1 Å². The van der Waals surface area contributed by atoms with Crippen LogP contribution in [0.1, 0.15) is 22.7 Å². The average Bonchev–Trinajstić information content (AvgIpc) is 3.01. The lowest BCUT2D eigenvalue weighted by molar-refractivity contribution is 0.448. The van der Waals surface area contributed by atoms with Crippen molar-refractivity contribution < 1.29 is 13.0 Å². The molecule has 1 fully saturated rings. The maximum absolute atomic E-state index is 10.5. The van der Waals surface area contributed by atoms with Crippen molar-refractivity contribution >= 4 is 21.5 Å². The van der Waals surface area contributed by atoms with Crippen molar-refractivity contribution in [2.24, 2.45) is 0 Å². The minimum absolute atomic E-state index is 0.0666. The number of hydrogen-bond acceptors (Lipinski definition) is 5. The van der Waals surface area contributed by atoms with Crippen molar-refractivity contribution in [3.63, 3.8) is 0 Å². The molecule has 1 aromatic heterocycles. The van der Waals surface area contributed by atoms with Crippen LogP contribution in [0.25, 0.3) is 10.6 Å². The third-order valence-electron chi connectivity index (χ3n) is 4.35. The van der Waals surface area contributed by atoms with Crippen LogP contribution in [0.3, 0.4) is 0 Å². The first-order valence-corrected chi connectivity index (χ1v) is 10.9. The molecule has 4 rings (SSSR count). The van der Waals surface area contributed by atoms with Crippen LogP contribution < -0.4 is 5.32 Å². The molecular weight excluding hydrogens is 380 g/mol. The van der Waals surface area contributed by atoms with E-state index in [9.17, 15) is 8.42 Å². The number of thiazole rings is 1. The Morgan fingerprint density at radius 3 is 2.11 bits per heavy atom. The summed E-state index contributed by atoms with van der Waals surface area (Å²) in [4.78, 5) is 4.43. The fraction of sp³-hybridized carbons (Fsp3) is 0.250. The lowest BCUT2D eigenvalue weighted by atomic mass is 9.93. The van der Waals surface area contributed by atoms with E-state index in [1.54, 1.807) is 23.5 Å². The Hall–Kier alpha value is -2.06. The van der Waals surface area contributed by atoms with Crippen LogP contribution in [0.4, 0.5) is 0 Å². The second-order valence-electron chi connectivity index (χ2n) is 6.56. The molecule has 1 aliphatic heterocycles. The number of rotatable bonds is 3. The molecule has 1 saturated heterocycles. The van der Waals surface area contributed by atoms with Gasteiger partial charge in [0.15, 0.2) is 0 Å². The van der Waals surface area contributed by atoms with Gasteiger partial charge >= 0.3 is 0 Å². The molecule has 3 aromatic rings. The summed E-state index contributed by atoms with van der Waals surface area (Å²) in [6.07, 6.45) is 0. The molecule has 0 amide bonds. The van der Waals surface area contributed by atoms with E-state index in [4.69, 9.17) is 4.55 Å². The van der Waals surface area contributed by atoms with E-state index >= 15 is 0 Å². The molecule has 7 heteroatoms. The van der Waals surface area contributed by atoms with Crippen LogP contribution >= 0.6 is 11.3 Å². The summed E-state index contributed by atoms with van der Waals surface area (Å²) < 4.78 is 29.6. The molecule has 0 aliphatic carbocycles. The van der Waals surface area contributed by atoms with Crippen molar-refractivity contribution in [1.29, 1.82) is 0 Å². The summed E-state index contributed by atoms with van der Waals surface area (Å²) in [7, 11) is -4.02. The van der Waals surface area contributed by atoms with Gasteiger partial charge in [-0.2, -0.15) is 8.42 Å². The van der Waals surface area contributed by atoms with E-state index in [1.165, 1.54) is 23.3 Å². The standard InChI is InChI=1S/C13H14N2S.C7H8O3S/c1-9-8-16-13(15-9)11-4-2-10(3-5-11)12-6-14-7-12;1-6-2-4-7(5-3-6)11(8,9)10/h2-5,8,12,14H,6-7H2,1H3;2-5H,1H3,(H,8,9,10). The Morgan fingerprint density at radius 1 is 1.04 bits per heavy atom. The number of benzene rings is 2. The van der Waals surface area contributed by atoms with E-state index in [0.717, 1.165) is 29.4 Å². The number of nitrogens with one attached hydrogen (secondary N) is 1. The van der Waals surface area contributed by atoms with Crippen molar-refractivity contribution in [3.05, 3.63) is 70.7 Å². The highest BCUT2D eigenvalue weighted by Gasteiger charge is 2.18. The molecule has 2 heterocycles. The summed E-state index contributed by atoms with van der Waals surface area (Å²) in [6.45, 7) is 6.12. The lowest BCUT2D eigenvalue weighted by Crippen LogP contribution is -2.39. The Morgan fingerprint density at radius 2 is 1.67 bits per heavy atom. The van der Waals surface area contributed by atoms with E-state index in [2.05, 4.69) is 39.9 Å². The van der Waals surface area contributed by atoms with Crippen LogP contribution in [0, 0.1) is 13.8 Å². The fourth-order valence-electron chi connectivity index (χ4n) is 2.62. The molecule has 2 N–H and O–H groups in total. The highest BCUT2D eigenvalue weighted by Crippen LogP contribution is 2.26. The molecule has 5 nitrogen and oxygen atoms in total. The molecule has 0 saturated carbocycles. The van der Waals surface area contributed by atoms with Crippen molar-refractivity contribution in [2.45, 2.75) is 24.7 Å². The number of nitrogens with zero attached hydrogens (tertiary/aromatic N) is 1. The van der Waals surface area contributed by atoms with E-state index < -0.39 is 10.1 Å². The molecule has 0 spiro atoms. The quantitative estimate of drug-likeness (QED) is 0.646. The molecule has 0 radical (unpaired) electrons. The second-order valence-corrected chi connectivity index (χ2v) is 8.84. The molecule has 1 aliphatic rings. The highest BCUT2D eigenvalue weighted by atomic mass is 32.2. The molecule has 0 unspecified atom stereocenters. The van der Waals surface area contributed by atoms with Gasteiger partial charge in [0.1, 0.15) is 5.01 Å². The first-order chi connectivity index (χ1) is 12.8. The Balaban J connectivity index is 0.000000168. The SMILES string of the molecule is Cc1ccc(S(=O)(=O)O)cc1.Cc1csc(-c2ccc(C3CNC3)cc2)n1. The van der Waals surface area contributed by atoms with Gasteiger partial charge in [0.2, 0.25) is 0 Å². The first kappa shape index (κ1) is 19.7. The van der Waals surface area contributed by atoms with E-state index in [-0.39, 0.29) is 4.90 Å². The summed E-state index contributed by atoms with van der Waals surface area (Å²) >= 11 is 1.71. The molecule has 0 bridgehead atoms. The smallest absolute Gasteiger partial charge is 0.294 e. The zero-order chi connectivity index (χ0) is 19.4. The molecule has 27 heavy (non-hydrogen) atoms. The predicted molar refractivity (Wildman–Crippen MR) is 109 cm³/mol. The monoisotopic (exact) mass is 402 g/mol. The van der Waals surface area contributed by atoms with Gasteiger partial charge in [-0.15, -0.1) is 11.3 Å². The number of hydrogen-bond donors (Lipinski definition) is 2. The predicted octanol–water partition coefficient (Wildman–Crippen LogP) is 4.05. The Kier molecular flexibility index (Phi) is 6.06. The van der Waals surface area contributed by atoms with Gasteiger partial charge in [0.05, 0.1) is 4.90 Å². The van der Waals surface area contributed by atoms with Gasteiger partial charge in [0, 0.05) is 35.6 Å². The topological polar surface area (TPSA) is 79.3 Å². The van der Waals surface area contributed by atoms with Crippen LogP contribution in [0.5, 0.6) is 0 Å². The summed E-state index contributed by atoms with van der Waals surface area (Å²) in [5.41, 5.74) is 4.73. The zero-order valence-electron chi connectivity index (χ0n) is 15.2. The van der Waals surface area contributed by atoms with Crippen molar-refractivity contribution in [3.8, 4) is 10.6 Å². The number of aromatic nitrogens is 1. The zero-order valence-corrected chi connectivity index (χ0v) is 16.8. The molecule has 2 aromatic carbocycles. The first-order valence-electron chi connectivity index (χ1n) is 8.60. The van der Waals surface area contributed by atoms with Crippen molar-refractivity contribution in [2.75, 3.05) is 13.1 Å². The van der Waals surface area contributed by atoms with Gasteiger partial charge in [-0.25, -0.2) is 4.98 Å². The van der Waals surface area contributed by atoms with Gasteiger partial charge in [-0.05, 0) is 31.5 Å².